The predicted octanol–water partition coefficient (Wildman–Crippen LogP) is 8.04. The summed E-state index contributed by atoms with van der Waals surface area (Å²) in [5.41, 5.74) is 5.97. The summed E-state index contributed by atoms with van der Waals surface area (Å²) in [6.45, 7) is 10.1. The van der Waals surface area contributed by atoms with Crippen LogP contribution in [0.3, 0.4) is 0 Å². The molecule has 4 rings (SSSR count). The molecular formula is C29H36F3N. The molecule has 0 spiro atoms. The van der Waals surface area contributed by atoms with Gasteiger partial charge in [-0.1, -0.05) is 76.6 Å². The minimum Gasteiger partial charge on any atom is -0.292 e. The number of alkyl halides is 3. The molecular weight excluding hydrogens is 419 g/mol. The zero-order valence-electron chi connectivity index (χ0n) is 20.3. The zero-order valence-corrected chi connectivity index (χ0v) is 20.3. The number of rotatable bonds is 5. The summed E-state index contributed by atoms with van der Waals surface area (Å²) in [5, 5.41) is 0. The van der Waals surface area contributed by atoms with Crippen molar-refractivity contribution in [3.05, 3.63) is 70.3 Å². The lowest BCUT2D eigenvalue weighted by molar-refractivity contribution is -0.127. The molecule has 0 heterocycles. The van der Waals surface area contributed by atoms with Crippen molar-refractivity contribution in [3.63, 3.8) is 0 Å². The molecule has 0 bridgehead atoms. The fourth-order valence-electron chi connectivity index (χ4n) is 6.50. The van der Waals surface area contributed by atoms with E-state index in [4.69, 9.17) is 4.99 Å². The van der Waals surface area contributed by atoms with Crippen LogP contribution in [0.1, 0.15) is 87.1 Å². The van der Waals surface area contributed by atoms with E-state index in [-0.39, 0.29) is 16.4 Å². The van der Waals surface area contributed by atoms with Gasteiger partial charge in [0.25, 0.3) is 0 Å². The molecule has 2 aromatic rings. The van der Waals surface area contributed by atoms with Gasteiger partial charge < -0.3 is 0 Å². The molecule has 2 aromatic carbocycles. The highest BCUT2D eigenvalue weighted by Crippen LogP contribution is 2.57. The highest BCUT2D eigenvalue weighted by Gasteiger charge is 2.51. The molecule has 0 aromatic heterocycles. The fraction of sp³-hybridized carbons (Fsp3) is 0.552. The van der Waals surface area contributed by atoms with E-state index in [1.807, 2.05) is 6.21 Å². The standard InChI is InChI=1S/C29H36F3N/c1-20(2)23-10-12-25-24(16-23)11-13-26-27(3,14-5-15-28(25,26)4)19-33-18-22-8-6-21(7-9-22)17-29(30,31)32/h6-10,12,16,18,20,26H,5,11,13-15,17,19H2,1-4H3. The van der Waals surface area contributed by atoms with Crippen molar-refractivity contribution in [2.24, 2.45) is 16.3 Å². The van der Waals surface area contributed by atoms with Crippen LogP contribution in [0.15, 0.2) is 47.5 Å². The van der Waals surface area contributed by atoms with Crippen molar-refractivity contribution >= 4 is 6.21 Å². The average Bonchev–Trinajstić information content (AvgIpc) is 2.73. The molecule has 4 heteroatoms. The molecule has 0 amide bonds. The largest absolute Gasteiger partial charge is 0.393 e. The van der Waals surface area contributed by atoms with E-state index < -0.39 is 12.6 Å². The minimum absolute atomic E-state index is 0.133. The van der Waals surface area contributed by atoms with Gasteiger partial charge in [-0.15, -0.1) is 0 Å². The average molecular weight is 456 g/mol. The van der Waals surface area contributed by atoms with Gasteiger partial charge >= 0.3 is 6.18 Å². The molecule has 3 atom stereocenters. The molecule has 0 radical (unpaired) electrons. The Morgan fingerprint density at radius 3 is 2.45 bits per heavy atom. The van der Waals surface area contributed by atoms with Gasteiger partial charge in [-0.2, -0.15) is 13.2 Å². The normalized spacial score (nSPS) is 27.6. The van der Waals surface area contributed by atoms with Crippen LogP contribution >= 0.6 is 0 Å². The summed E-state index contributed by atoms with van der Waals surface area (Å²) in [7, 11) is 0. The first-order chi connectivity index (χ1) is 15.5. The van der Waals surface area contributed by atoms with E-state index in [0.29, 0.717) is 11.8 Å². The first-order valence-corrected chi connectivity index (χ1v) is 12.3. The molecule has 2 aliphatic carbocycles. The summed E-state index contributed by atoms with van der Waals surface area (Å²) >= 11 is 0. The Morgan fingerprint density at radius 2 is 1.79 bits per heavy atom. The van der Waals surface area contributed by atoms with Crippen LogP contribution in [0.5, 0.6) is 0 Å². The first kappa shape index (κ1) is 24.0. The maximum Gasteiger partial charge on any atom is 0.393 e. The van der Waals surface area contributed by atoms with Crippen LogP contribution in [0.25, 0.3) is 0 Å². The molecule has 3 unspecified atom stereocenters. The zero-order chi connectivity index (χ0) is 23.9. The summed E-state index contributed by atoms with van der Waals surface area (Å²) in [6.07, 6.45) is 2.71. The lowest BCUT2D eigenvalue weighted by Gasteiger charge is -2.55. The quantitative estimate of drug-likeness (QED) is 0.405. The minimum atomic E-state index is -4.17. The van der Waals surface area contributed by atoms with E-state index in [1.165, 1.54) is 36.8 Å². The van der Waals surface area contributed by atoms with E-state index >= 15 is 0 Å². The number of aryl methyl sites for hydroxylation is 1. The van der Waals surface area contributed by atoms with Crippen molar-refractivity contribution in [2.45, 2.75) is 83.7 Å². The SMILES string of the molecule is CC(C)c1ccc2c(c1)CCC1C(C)(CN=Cc3ccc(CC(F)(F)F)cc3)CCCC21C. The third-order valence-electron chi connectivity index (χ3n) is 8.25. The van der Waals surface area contributed by atoms with Crippen LogP contribution < -0.4 is 0 Å². The van der Waals surface area contributed by atoms with Crippen molar-refractivity contribution in [1.82, 2.24) is 0 Å². The Hall–Kier alpha value is -2.10. The van der Waals surface area contributed by atoms with Gasteiger partial charge in [0, 0.05) is 12.8 Å². The number of fused-ring (bicyclic) bond motifs is 3. The third-order valence-corrected chi connectivity index (χ3v) is 8.25. The van der Waals surface area contributed by atoms with Gasteiger partial charge in [-0.25, -0.2) is 0 Å². The molecule has 1 fully saturated rings. The van der Waals surface area contributed by atoms with E-state index in [9.17, 15) is 13.2 Å². The third kappa shape index (κ3) is 5.05. The van der Waals surface area contributed by atoms with Gasteiger partial charge in [0.2, 0.25) is 0 Å². The van der Waals surface area contributed by atoms with Crippen molar-refractivity contribution in [1.29, 1.82) is 0 Å². The van der Waals surface area contributed by atoms with Crippen LogP contribution in [-0.4, -0.2) is 18.9 Å². The molecule has 33 heavy (non-hydrogen) atoms. The second-order valence-corrected chi connectivity index (χ2v) is 11.1. The topological polar surface area (TPSA) is 12.4 Å². The van der Waals surface area contributed by atoms with Crippen molar-refractivity contribution in [3.8, 4) is 0 Å². The lowest BCUT2D eigenvalue weighted by Crippen LogP contribution is -2.50. The molecule has 2 aliphatic rings. The van der Waals surface area contributed by atoms with Gasteiger partial charge in [0.1, 0.15) is 0 Å². The number of aliphatic imine (C=N–C) groups is 1. The molecule has 0 aliphatic heterocycles. The maximum absolute atomic E-state index is 12.6. The molecule has 178 valence electrons. The number of hydrogen-bond donors (Lipinski definition) is 0. The van der Waals surface area contributed by atoms with Crippen molar-refractivity contribution in [2.75, 3.05) is 6.54 Å². The Bertz CT molecular complexity index is 1000. The molecule has 1 nitrogen and oxygen atoms in total. The van der Waals surface area contributed by atoms with E-state index in [1.54, 1.807) is 29.8 Å². The number of hydrogen-bond acceptors (Lipinski definition) is 1. The Balaban J connectivity index is 1.50. The summed E-state index contributed by atoms with van der Waals surface area (Å²) in [4.78, 5) is 4.81. The van der Waals surface area contributed by atoms with Gasteiger partial charge in [-0.05, 0) is 76.2 Å². The first-order valence-electron chi connectivity index (χ1n) is 12.3. The smallest absolute Gasteiger partial charge is 0.292 e. The van der Waals surface area contributed by atoms with Crippen LogP contribution in [0.2, 0.25) is 0 Å². The van der Waals surface area contributed by atoms with E-state index in [0.717, 1.165) is 18.5 Å². The van der Waals surface area contributed by atoms with Crippen LogP contribution in [0.4, 0.5) is 13.2 Å². The van der Waals surface area contributed by atoms with Crippen molar-refractivity contribution < 1.29 is 13.2 Å². The van der Waals surface area contributed by atoms with Gasteiger partial charge in [0.15, 0.2) is 0 Å². The maximum atomic E-state index is 12.6. The number of benzene rings is 2. The summed E-state index contributed by atoms with van der Waals surface area (Å²) in [6, 6.07) is 13.7. The molecule has 0 saturated heterocycles. The van der Waals surface area contributed by atoms with E-state index in [2.05, 4.69) is 45.9 Å². The number of halogens is 3. The second-order valence-electron chi connectivity index (χ2n) is 11.1. The van der Waals surface area contributed by atoms with Gasteiger partial charge in [-0.3, -0.25) is 4.99 Å². The highest BCUT2D eigenvalue weighted by atomic mass is 19.4. The van der Waals surface area contributed by atoms with Crippen LogP contribution in [0, 0.1) is 11.3 Å². The summed E-state index contributed by atoms with van der Waals surface area (Å²) in [5.74, 6) is 1.14. The predicted molar refractivity (Wildman–Crippen MR) is 130 cm³/mol. The summed E-state index contributed by atoms with van der Waals surface area (Å²) < 4.78 is 37.7. The Morgan fingerprint density at radius 1 is 1.06 bits per heavy atom. The Labute approximate surface area is 196 Å². The van der Waals surface area contributed by atoms with Crippen LogP contribution in [-0.2, 0) is 18.3 Å². The monoisotopic (exact) mass is 455 g/mol. The second kappa shape index (κ2) is 8.92. The fourth-order valence-corrected chi connectivity index (χ4v) is 6.50. The molecule has 1 saturated carbocycles. The number of nitrogens with zero attached hydrogens (tertiary/aromatic N) is 1. The highest BCUT2D eigenvalue weighted by molar-refractivity contribution is 5.79. The lowest BCUT2D eigenvalue weighted by atomic mass is 9.50. The van der Waals surface area contributed by atoms with Gasteiger partial charge in [0.05, 0.1) is 6.42 Å². The Kier molecular flexibility index (Phi) is 6.50. The molecule has 0 N–H and O–H groups in total.